The van der Waals surface area contributed by atoms with Gasteiger partial charge in [0, 0.05) is 13.1 Å². The molecular formula is C14H19NO. The molecule has 0 bridgehead atoms. The van der Waals surface area contributed by atoms with Crippen LogP contribution in [-0.4, -0.2) is 25.3 Å². The molecule has 16 heavy (non-hydrogen) atoms. The van der Waals surface area contributed by atoms with Crippen LogP contribution in [0.2, 0.25) is 0 Å². The van der Waals surface area contributed by atoms with Gasteiger partial charge in [0.2, 0.25) is 0 Å². The summed E-state index contributed by atoms with van der Waals surface area (Å²) in [4.78, 5) is 0. The summed E-state index contributed by atoms with van der Waals surface area (Å²) in [5.41, 5.74) is 1.19. The quantitative estimate of drug-likeness (QED) is 0.780. The molecule has 1 atom stereocenters. The van der Waals surface area contributed by atoms with Gasteiger partial charge in [-0.1, -0.05) is 36.4 Å². The first-order valence-corrected chi connectivity index (χ1v) is 5.87. The van der Waals surface area contributed by atoms with Gasteiger partial charge in [-0.05, 0) is 18.4 Å². The molecule has 1 unspecified atom stereocenters. The van der Waals surface area contributed by atoms with Gasteiger partial charge in [-0.3, -0.25) is 0 Å². The molecule has 0 aliphatic carbocycles. The molecule has 1 N–H and O–H groups in total. The van der Waals surface area contributed by atoms with Crippen LogP contribution in [0.25, 0.3) is 0 Å². The number of morpholine rings is 1. The van der Waals surface area contributed by atoms with Crippen LogP contribution >= 0.6 is 0 Å². The number of hydrogen-bond donors (Lipinski definition) is 1. The molecule has 1 aromatic carbocycles. The fraction of sp³-hybridized carbons (Fsp3) is 0.429. The number of benzene rings is 1. The van der Waals surface area contributed by atoms with E-state index >= 15 is 0 Å². The van der Waals surface area contributed by atoms with Crippen LogP contribution in [-0.2, 0) is 11.2 Å². The molecule has 2 nitrogen and oxygen atoms in total. The maximum Gasteiger partial charge on any atom is 0.0987 e. The van der Waals surface area contributed by atoms with Gasteiger partial charge in [-0.2, -0.15) is 0 Å². The number of rotatable bonds is 4. The number of hydrogen-bond acceptors (Lipinski definition) is 2. The highest BCUT2D eigenvalue weighted by molar-refractivity contribution is 5.16. The third-order valence-electron chi connectivity index (χ3n) is 3.14. The van der Waals surface area contributed by atoms with Crippen LogP contribution in [0.3, 0.4) is 0 Å². The smallest absolute Gasteiger partial charge is 0.0987 e. The predicted octanol–water partition coefficient (Wildman–Crippen LogP) is 2.16. The molecule has 0 saturated carbocycles. The highest BCUT2D eigenvalue weighted by atomic mass is 16.5. The van der Waals surface area contributed by atoms with Crippen LogP contribution < -0.4 is 5.32 Å². The molecule has 1 saturated heterocycles. The van der Waals surface area contributed by atoms with Crippen molar-refractivity contribution in [2.75, 3.05) is 19.7 Å². The van der Waals surface area contributed by atoms with Crippen molar-refractivity contribution in [1.82, 2.24) is 5.32 Å². The van der Waals surface area contributed by atoms with Crippen molar-refractivity contribution in [2.24, 2.45) is 0 Å². The van der Waals surface area contributed by atoms with E-state index < -0.39 is 0 Å². The second kappa shape index (κ2) is 5.28. The second-order valence-corrected chi connectivity index (χ2v) is 4.28. The molecule has 0 radical (unpaired) electrons. The monoisotopic (exact) mass is 217 g/mol. The zero-order valence-electron chi connectivity index (χ0n) is 9.61. The Labute approximate surface area is 97.3 Å². The standard InChI is InChI=1S/C14H19NO/c1-2-14(12-15-10-11-16-14)9-8-13-6-4-3-5-7-13/h2-7,15H,1,8-12H2. The highest BCUT2D eigenvalue weighted by Crippen LogP contribution is 2.21. The lowest BCUT2D eigenvalue weighted by molar-refractivity contribution is -0.0353. The van der Waals surface area contributed by atoms with Crippen molar-refractivity contribution in [2.45, 2.75) is 18.4 Å². The van der Waals surface area contributed by atoms with Gasteiger partial charge in [0.05, 0.1) is 12.2 Å². The zero-order chi connectivity index (χ0) is 11.3. The van der Waals surface area contributed by atoms with Gasteiger partial charge in [-0.15, -0.1) is 6.58 Å². The Hall–Kier alpha value is -1.12. The summed E-state index contributed by atoms with van der Waals surface area (Å²) in [6.07, 6.45) is 3.98. The summed E-state index contributed by atoms with van der Waals surface area (Å²) in [7, 11) is 0. The van der Waals surface area contributed by atoms with Gasteiger partial charge >= 0.3 is 0 Å². The Morgan fingerprint density at radius 2 is 2.19 bits per heavy atom. The molecule has 1 aliphatic rings. The number of ether oxygens (including phenoxy) is 1. The molecule has 1 aliphatic heterocycles. The van der Waals surface area contributed by atoms with Crippen LogP contribution in [0.1, 0.15) is 12.0 Å². The third kappa shape index (κ3) is 2.71. The Kier molecular flexibility index (Phi) is 3.75. The summed E-state index contributed by atoms with van der Waals surface area (Å²) in [5.74, 6) is 0. The minimum absolute atomic E-state index is 0.173. The Morgan fingerprint density at radius 3 is 2.81 bits per heavy atom. The van der Waals surface area contributed by atoms with E-state index in [0.29, 0.717) is 0 Å². The zero-order valence-corrected chi connectivity index (χ0v) is 9.61. The van der Waals surface area contributed by atoms with Crippen LogP contribution in [0.5, 0.6) is 0 Å². The Balaban J connectivity index is 1.94. The van der Waals surface area contributed by atoms with Gasteiger partial charge in [0.15, 0.2) is 0 Å². The molecule has 0 spiro atoms. The molecule has 2 heteroatoms. The lowest BCUT2D eigenvalue weighted by Gasteiger charge is -2.35. The summed E-state index contributed by atoms with van der Waals surface area (Å²) < 4.78 is 5.86. The van der Waals surface area contributed by atoms with Gasteiger partial charge in [0.1, 0.15) is 0 Å². The second-order valence-electron chi connectivity index (χ2n) is 4.28. The first kappa shape index (κ1) is 11.4. The van der Waals surface area contributed by atoms with E-state index in [2.05, 4.69) is 36.2 Å². The van der Waals surface area contributed by atoms with Crippen molar-refractivity contribution >= 4 is 0 Å². The molecular weight excluding hydrogens is 198 g/mol. The normalized spacial score (nSPS) is 25.2. The summed E-state index contributed by atoms with van der Waals surface area (Å²) >= 11 is 0. The van der Waals surface area contributed by atoms with E-state index in [-0.39, 0.29) is 5.60 Å². The maximum atomic E-state index is 5.86. The van der Waals surface area contributed by atoms with E-state index in [0.717, 1.165) is 32.5 Å². The van der Waals surface area contributed by atoms with E-state index in [1.807, 2.05) is 12.1 Å². The van der Waals surface area contributed by atoms with Crippen molar-refractivity contribution in [3.8, 4) is 0 Å². The van der Waals surface area contributed by atoms with Gasteiger partial charge < -0.3 is 10.1 Å². The first-order valence-electron chi connectivity index (χ1n) is 5.87. The van der Waals surface area contributed by atoms with Crippen molar-refractivity contribution in [1.29, 1.82) is 0 Å². The highest BCUT2D eigenvalue weighted by Gasteiger charge is 2.29. The largest absolute Gasteiger partial charge is 0.368 e. The number of nitrogens with one attached hydrogen (secondary N) is 1. The topological polar surface area (TPSA) is 21.3 Å². The average Bonchev–Trinajstić information content (AvgIpc) is 2.39. The minimum Gasteiger partial charge on any atom is -0.368 e. The predicted molar refractivity (Wildman–Crippen MR) is 66.5 cm³/mol. The molecule has 0 aromatic heterocycles. The van der Waals surface area contributed by atoms with Crippen LogP contribution in [0, 0.1) is 0 Å². The van der Waals surface area contributed by atoms with Crippen molar-refractivity contribution in [3.63, 3.8) is 0 Å². The molecule has 2 rings (SSSR count). The third-order valence-corrected chi connectivity index (χ3v) is 3.14. The van der Waals surface area contributed by atoms with Gasteiger partial charge in [-0.25, -0.2) is 0 Å². The lowest BCUT2D eigenvalue weighted by atomic mass is 9.93. The molecule has 1 aromatic rings. The Bertz CT molecular complexity index is 328. The van der Waals surface area contributed by atoms with Crippen molar-refractivity contribution in [3.05, 3.63) is 48.6 Å². The SMILES string of the molecule is C=CC1(CCc2ccccc2)CNCCO1. The van der Waals surface area contributed by atoms with E-state index in [9.17, 15) is 0 Å². The maximum absolute atomic E-state index is 5.86. The summed E-state index contributed by atoms with van der Waals surface area (Å²) in [5, 5.41) is 3.37. The van der Waals surface area contributed by atoms with Crippen LogP contribution in [0.4, 0.5) is 0 Å². The summed E-state index contributed by atoms with van der Waals surface area (Å²) in [6, 6.07) is 10.5. The fourth-order valence-electron chi connectivity index (χ4n) is 2.07. The van der Waals surface area contributed by atoms with Crippen molar-refractivity contribution < 1.29 is 4.74 Å². The average molecular weight is 217 g/mol. The molecule has 0 amide bonds. The lowest BCUT2D eigenvalue weighted by Crippen LogP contribution is -2.48. The van der Waals surface area contributed by atoms with E-state index in [4.69, 9.17) is 4.74 Å². The number of aryl methyl sites for hydroxylation is 1. The molecule has 1 fully saturated rings. The molecule has 1 heterocycles. The van der Waals surface area contributed by atoms with Gasteiger partial charge in [0.25, 0.3) is 0 Å². The minimum atomic E-state index is -0.173. The fourth-order valence-corrected chi connectivity index (χ4v) is 2.07. The van der Waals surface area contributed by atoms with Crippen LogP contribution in [0.15, 0.2) is 43.0 Å². The van der Waals surface area contributed by atoms with E-state index in [1.165, 1.54) is 5.56 Å². The Morgan fingerprint density at radius 1 is 1.38 bits per heavy atom. The molecule has 86 valence electrons. The summed E-state index contributed by atoms with van der Waals surface area (Å²) in [6.45, 7) is 6.51. The first-order chi connectivity index (χ1) is 7.85. The van der Waals surface area contributed by atoms with E-state index in [1.54, 1.807) is 0 Å².